The Balaban J connectivity index is 1.01. The lowest BCUT2D eigenvalue weighted by Gasteiger charge is -2.59. The van der Waals surface area contributed by atoms with Crippen LogP contribution in [0.2, 0.25) is 0 Å². The van der Waals surface area contributed by atoms with E-state index < -0.39 is 42.3 Å². The Labute approximate surface area is 368 Å². The summed E-state index contributed by atoms with van der Waals surface area (Å²) in [4.78, 5) is 0. The number of benzene rings is 2. The fraction of sp³-hybridized carbons (Fsp3) is 0.736. The lowest BCUT2D eigenvalue weighted by molar-refractivity contribution is -0.483. The van der Waals surface area contributed by atoms with E-state index in [1.54, 1.807) is 19.8 Å². The van der Waals surface area contributed by atoms with Crippen LogP contribution in [-0.2, 0) is 51.1 Å². The summed E-state index contributed by atoms with van der Waals surface area (Å²) in [5, 5.41) is 0. The van der Waals surface area contributed by atoms with Gasteiger partial charge in [-0.15, -0.1) is 0 Å². The van der Waals surface area contributed by atoms with Crippen LogP contribution in [0.1, 0.15) is 130 Å². The first kappa shape index (κ1) is 45.4. The number of ether oxygens (including phenoxy) is 8. The van der Waals surface area contributed by atoms with Gasteiger partial charge >= 0.3 is 0 Å². The van der Waals surface area contributed by atoms with Crippen LogP contribution in [0, 0.1) is 46.3 Å². The van der Waals surface area contributed by atoms with Crippen molar-refractivity contribution in [2.45, 2.75) is 181 Å². The van der Waals surface area contributed by atoms with E-state index >= 15 is 0 Å². The highest BCUT2D eigenvalue weighted by Gasteiger charge is 2.64. The number of hydrogen-bond acceptors (Lipinski definition) is 8. The largest absolute Gasteiger partial charge is 0.374 e. The Morgan fingerprint density at radius 3 is 2.08 bits per heavy atom. The van der Waals surface area contributed by atoms with Gasteiger partial charge in [0, 0.05) is 14.2 Å². The zero-order valence-electron chi connectivity index (χ0n) is 38.9. The fourth-order valence-electron chi connectivity index (χ4n) is 13.4. The van der Waals surface area contributed by atoms with Gasteiger partial charge in [0.15, 0.2) is 6.29 Å². The minimum atomic E-state index is -1.23. The Morgan fingerprint density at radius 1 is 0.738 bits per heavy atom. The molecule has 3 saturated carbocycles. The Morgan fingerprint density at radius 2 is 1.41 bits per heavy atom. The van der Waals surface area contributed by atoms with Crippen LogP contribution >= 0.6 is 0 Å². The third kappa shape index (κ3) is 8.97. The molecule has 8 rings (SSSR count). The highest BCUT2D eigenvalue weighted by molar-refractivity contribution is 5.26. The van der Waals surface area contributed by atoms with E-state index in [0.29, 0.717) is 18.6 Å². The molecule has 4 aliphatic carbocycles. The van der Waals surface area contributed by atoms with Crippen molar-refractivity contribution in [1.82, 2.24) is 0 Å². The first-order valence-corrected chi connectivity index (χ1v) is 24.0. The maximum Gasteiger partial charge on any atom is 0.220 e. The molecular weight excluding hydrogens is 765 g/mol. The number of methoxy groups -OCH3 is 2. The van der Waals surface area contributed by atoms with Gasteiger partial charge in [-0.1, -0.05) is 126 Å². The molecule has 61 heavy (non-hydrogen) atoms. The van der Waals surface area contributed by atoms with Crippen molar-refractivity contribution in [2.75, 3.05) is 20.8 Å². The molecule has 0 aromatic heterocycles. The van der Waals surface area contributed by atoms with Crippen LogP contribution in [0.3, 0.4) is 0 Å². The maximum absolute atomic E-state index is 7.21. The molecule has 5 fully saturated rings. The molecule has 6 aliphatic rings. The van der Waals surface area contributed by atoms with Crippen LogP contribution in [0.25, 0.3) is 0 Å². The molecule has 8 heteroatoms. The van der Waals surface area contributed by atoms with Gasteiger partial charge in [-0.3, -0.25) is 0 Å². The summed E-state index contributed by atoms with van der Waals surface area (Å²) in [6.07, 6.45) is 13.6. The molecule has 0 amide bonds. The summed E-state index contributed by atoms with van der Waals surface area (Å²) in [6.45, 7) is 17.5. The van der Waals surface area contributed by atoms with Gasteiger partial charge in [0.2, 0.25) is 11.6 Å². The van der Waals surface area contributed by atoms with Crippen molar-refractivity contribution < 1.29 is 37.9 Å². The van der Waals surface area contributed by atoms with E-state index in [1.165, 1.54) is 51.4 Å². The summed E-state index contributed by atoms with van der Waals surface area (Å²) >= 11 is 0. The Hall–Kier alpha value is -2.14. The fourth-order valence-corrected chi connectivity index (χ4v) is 13.4. The van der Waals surface area contributed by atoms with Gasteiger partial charge in [-0.2, -0.15) is 0 Å². The molecule has 2 heterocycles. The second kappa shape index (κ2) is 18.8. The second-order valence-electron chi connectivity index (χ2n) is 21.1. The molecule has 0 radical (unpaired) electrons. The average molecular weight is 843 g/mol. The van der Waals surface area contributed by atoms with Crippen LogP contribution in [0.4, 0.5) is 0 Å². The molecule has 15 atom stereocenters. The predicted octanol–water partition coefficient (Wildman–Crippen LogP) is 11.4. The van der Waals surface area contributed by atoms with Gasteiger partial charge in [0.1, 0.15) is 24.4 Å². The molecule has 2 aromatic rings. The number of rotatable bonds is 16. The summed E-state index contributed by atoms with van der Waals surface area (Å²) in [7, 11) is 3.25. The van der Waals surface area contributed by atoms with E-state index in [1.807, 2.05) is 50.2 Å². The molecule has 2 saturated heterocycles. The van der Waals surface area contributed by atoms with Gasteiger partial charge in [0.25, 0.3) is 0 Å². The van der Waals surface area contributed by atoms with Crippen LogP contribution in [0.5, 0.6) is 0 Å². The standard InChI is InChI=1S/C53H78O8/c1-35(2)17-16-18-36(3)42-25-26-43-41-24-23-39-31-40(27-29-50(39,4)44(41)28-30-51(42,43)5)58-49-48(57-33-38-21-14-11-15-22-38)47-46(60-52(6,54-8)53(7,55-9)61-47)45(59-49)34-56-32-37-19-12-10-13-20-37/h10-15,19-23,35-36,40-49H,16-18,24-34H2,1-9H3/t36-,40+,41+,42-,43+,44+,45-,46-,47+,48+,49?,50+,51-,52+,53+/m1/s1. The van der Waals surface area contributed by atoms with Crippen molar-refractivity contribution in [2.24, 2.45) is 46.3 Å². The summed E-state index contributed by atoms with van der Waals surface area (Å²) in [5.74, 6) is 2.43. The first-order valence-electron chi connectivity index (χ1n) is 24.0. The predicted molar refractivity (Wildman–Crippen MR) is 238 cm³/mol. The van der Waals surface area contributed by atoms with Crippen molar-refractivity contribution >= 4 is 0 Å². The smallest absolute Gasteiger partial charge is 0.220 e. The molecule has 0 spiro atoms. The highest BCUT2D eigenvalue weighted by atomic mass is 16.8. The first-order chi connectivity index (χ1) is 29.3. The average Bonchev–Trinajstić information content (AvgIpc) is 3.62. The van der Waals surface area contributed by atoms with Crippen molar-refractivity contribution in [3.63, 3.8) is 0 Å². The molecule has 338 valence electrons. The van der Waals surface area contributed by atoms with Gasteiger partial charge in [-0.05, 0) is 123 Å². The summed E-state index contributed by atoms with van der Waals surface area (Å²) in [5.41, 5.74) is 4.45. The molecule has 0 N–H and O–H groups in total. The minimum Gasteiger partial charge on any atom is -0.374 e. The lowest BCUT2D eigenvalue weighted by atomic mass is 9.47. The SMILES string of the molecule is CO[C@@]1(C)O[C@H]2[C@H](O[C@]1(C)OC)[C@@H](COCc1ccccc1)OC(O[C@H]1CC[C@@]3(C)C(=CC[C@H]4[C@@H]5CC[C@H]([C@H](C)CCCC(C)C)[C@@]5(C)CC[C@@H]43)C1)[C@H]2OCc1ccccc1. The Bertz CT molecular complexity index is 1750. The molecule has 8 nitrogen and oxygen atoms in total. The summed E-state index contributed by atoms with van der Waals surface area (Å²) in [6, 6.07) is 20.5. The van der Waals surface area contributed by atoms with Crippen LogP contribution in [-0.4, -0.2) is 69.2 Å². The van der Waals surface area contributed by atoms with Crippen molar-refractivity contribution in [3.05, 3.63) is 83.4 Å². The van der Waals surface area contributed by atoms with E-state index in [4.69, 9.17) is 37.9 Å². The van der Waals surface area contributed by atoms with Crippen molar-refractivity contribution in [3.8, 4) is 0 Å². The van der Waals surface area contributed by atoms with Gasteiger partial charge < -0.3 is 37.9 Å². The quantitative estimate of drug-likeness (QED) is 0.155. The number of fused-ring (bicyclic) bond motifs is 6. The van der Waals surface area contributed by atoms with E-state index in [-0.39, 0.29) is 18.1 Å². The maximum atomic E-state index is 7.21. The highest BCUT2D eigenvalue weighted by Crippen LogP contribution is 2.67. The van der Waals surface area contributed by atoms with E-state index in [9.17, 15) is 0 Å². The topological polar surface area (TPSA) is 73.8 Å². The molecule has 0 bridgehead atoms. The zero-order valence-corrected chi connectivity index (χ0v) is 38.9. The van der Waals surface area contributed by atoms with E-state index in [0.717, 1.165) is 65.9 Å². The summed E-state index contributed by atoms with van der Waals surface area (Å²) < 4.78 is 53.3. The molecule has 2 aliphatic heterocycles. The lowest BCUT2D eigenvalue weighted by Crippen LogP contribution is -2.73. The normalized spacial score (nSPS) is 41.3. The Kier molecular flexibility index (Phi) is 14.0. The second-order valence-corrected chi connectivity index (χ2v) is 21.1. The zero-order chi connectivity index (χ0) is 43.0. The van der Waals surface area contributed by atoms with Gasteiger partial charge in [-0.25, -0.2) is 0 Å². The van der Waals surface area contributed by atoms with Gasteiger partial charge in [0.05, 0.1) is 25.9 Å². The molecule has 1 unspecified atom stereocenters. The third-order valence-electron chi connectivity index (χ3n) is 17.2. The van der Waals surface area contributed by atoms with Crippen LogP contribution < -0.4 is 0 Å². The monoisotopic (exact) mass is 843 g/mol. The van der Waals surface area contributed by atoms with Crippen LogP contribution in [0.15, 0.2) is 72.3 Å². The molecule has 2 aromatic carbocycles. The van der Waals surface area contributed by atoms with E-state index in [2.05, 4.69) is 65.0 Å². The number of allylic oxidation sites excluding steroid dienone is 1. The van der Waals surface area contributed by atoms with Crippen molar-refractivity contribution in [1.29, 1.82) is 0 Å². The molecular formula is C53H78O8. The number of hydrogen-bond donors (Lipinski definition) is 0. The third-order valence-corrected chi connectivity index (χ3v) is 17.2. The minimum absolute atomic E-state index is 0.00916.